The van der Waals surface area contributed by atoms with Crippen LogP contribution in [0.2, 0.25) is 0 Å². The van der Waals surface area contributed by atoms with Crippen LogP contribution in [0, 0.1) is 0 Å². The first kappa shape index (κ1) is 12.9. The second-order valence-corrected chi connectivity index (χ2v) is 5.20. The molecule has 0 spiro atoms. The predicted molar refractivity (Wildman–Crippen MR) is 62.0 cm³/mol. The summed E-state index contributed by atoms with van der Waals surface area (Å²) in [6.45, 7) is 4.32. The third-order valence-corrected chi connectivity index (χ3v) is 3.34. The molecule has 0 heterocycles. The fraction of sp³-hybridized carbons (Fsp3) is 1.00. The molecule has 0 bridgehead atoms. The highest BCUT2D eigenvalue weighted by Crippen LogP contribution is 2.21. The largest absolute Gasteiger partial charge is 0.395 e. The zero-order chi connectivity index (χ0) is 11.3. The monoisotopic (exact) mass is 215 g/mol. The lowest BCUT2D eigenvalue weighted by Crippen LogP contribution is -2.44. The molecule has 0 aromatic carbocycles. The first-order chi connectivity index (χ1) is 7.07. The van der Waals surface area contributed by atoms with E-state index in [0.29, 0.717) is 6.04 Å². The number of hydrogen-bond acceptors (Lipinski definition) is 3. The second-order valence-electron chi connectivity index (χ2n) is 5.20. The van der Waals surface area contributed by atoms with Gasteiger partial charge in [0.05, 0.1) is 12.2 Å². The van der Waals surface area contributed by atoms with Crippen molar-refractivity contribution in [3.63, 3.8) is 0 Å². The van der Waals surface area contributed by atoms with E-state index in [9.17, 15) is 5.11 Å². The lowest BCUT2D eigenvalue weighted by Gasteiger charge is -2.30. The SMILES string of the molecule is COC(C)(C)CC(CO)NC1CCCC1. The van der Waals surface area contributed by atoms with E-state index in [-0.39, 0.29) is 18.2 Å². The summed E-state index contributed by atoms with van der Waals surface area (Å²) in [4.78, 5) is 0. The van der Waals surface area contributed by atoms with E-state index in [0.717, 1.165) is 6.42 Å². The van der Waals surface area contributed by atoms with Gasteiger partial charge in [-0.1, -0.05) is 12.8 Å². The van der Waals surface area contributed by atoms with Gasteiger partial charge >= 0.3 is 0 Å². The van der Waals surface area contributed by atoms with Crippen LogP contribution in [0.3, 0.4) is 0 Å². The van der Waals surface area contributed by atoms with E-state index in [1.165, 1.54) is 25.7 Å². The molecule has 90 valence electrons. The van der Waals surface area contributed by atoms with Gasteiger partial charge in [0.1, 0.15) is 0 Å². The van der Waals surface area contributed by atoms with Crippen molar-refractivity contribution in [2.24, 2.45) is 0 Å². The molecule has 0 aliphatic heterocycles. The molecule has 1 fully saturated rings. The van der Waals surface area contributed by atoms with Crippen LogP contribution in [-0.2, 0) is 4.74 Å². The average molecular weight is 215 g/mol. The summed E-state index contributed by atoms with van der Waals surface area (Å²) in [7, 11) is 1.73. The average Bonchev–Trinajstić information content (AvgIpc) is 2.69. The summed E-state index contributed by atoms with van der Waals surface area (Å²) < 4.78 is 5.38. The number of aliphatic hydroxyl groups is 1. The highest BCUT2D eigenvalue weighted by atomic mass is 16.5. The summed E-state index contributed by atoms with van der Waals surface area (Å²) in [6.07, 6.45) is 6.01. The Kier molecular flexibility index (Phi) is 5.03. The molecule has 2 N–H and O–H groups in total. The minimum atomic E-state index is -0.154. The van der Waals surface area contributed by atoms with E-state index in [1.54, 1.807) is 7.11 Å². The van der Waals surface area contributed by atoms with E-state index in [4.69, 9.17) is 4.74 Å². The Bertz CT molecular complexity index is 176. The highest BCUT2D eigenvalue weighted by molar-refractivity contribution is 4.83. The molecular weight excluding hydrogens is 190 g/mol. The van der Waals surface area contributed by atoms with Crippen molar-refractivity contribution in [1.29, 1.82) is 0 Å². The van der Waals surface area contributed by atoms with Crippen LogP contribution in [0.5, 0.6) is 0 Å². The zero-order valence-electron chi connectivity index (χ0n) is 10.3. The van der Waals surface area contributed by atoms with Crippen molar-refractivity contribution in [1.82, 2.24) is 5.32 Å². The van der Waals surface area contributed by atoms with Crippen LogP contribution >= 0.6 is 0 Å². The molecule has 3 heteroatoms. The first-order valence-electron chi connectivity index (χ1n) is 5.99. The molecule has 1 atom stereocenters. The topological polar surface area (TPSA) is 41.5 Å². The first-order valence-corrected chi connectivity index (χ1v) is 5.99. The number of ether oxygens (including phenoxy) is 1. The maximum absolute atomic E-state index is 9.33. The second kappa shape index (κ2) is 5.83. The maximum atomic E-state index is 9.33. The minimum absolute atomic E-state index is 0.154. The van der Waals surface area contributed by atoms with Gasteiger partial charge in [-0.2, -0.15) is 0 Å². The van der Waals surface area contributed by atoms with Crippen LogP contribution in [0.15, 0.2) is 0 Å². The molecule has 15 heavy (non-hydrogen) atoms. The van der Waals surface area contributed by atoms with Crippen LogP contribution in [0.4, 0.5) is 0 Å². The predicted octanol–water partition coefficient (Wildman–Crippen LogP) is 1.69. The lowest BCUT2D eigenvalue weighted by molar-refractivity contribution is 0.000481. The molecule has 0 radical (unpaired) electrons. The van der Waals surface area contributed by atoms with Crippen molar-refractivity contribution in [2.45, 2.75) is 63.6 Å². The van der Waals surface area contributed by atoms with Crippen LogP contribution < -0.4 is 5.32 Å². The van der Waals surface area contributed by atoms with Gasteiger partial charge in [0.2, 0.25) is 0 Å². The lowest BCUT2D eigenvalue weighted by atomic mass is 9.98. The third kappa shape index (κ3) is 4.49. The van der Waals surface area contributed by atoms with Crippen molar-refractivity contribution in [3.05, 3.63) is 0 Å². The van der Waals surface area contributed by atoms with Crippen molar-refractivity contribution < 1.29 is 9.84 Å². The quantitative estimate of drug-likeness (QED) is 0.708. The number of aliphatic hydroxyl groups excluding tert-OH is 1. The fourth-order valence-corrected chi connectivity index (χ4v) is 2.28. The van der Waals surface area contributed by atoms with E-state index in [1.807, 2.05) is 0 Å². The molecule has 1 rings (SSSR count). The Morgan fingerprint density at radius 2 is 2.00 bits per heavy atom. The molecular formula is C12H25NO2. The van der Waals surface area contributed by atoms with Gasteiger partial charge < -0.3 is 15.2 Å². The Morgan fingerprint density at radius 3 is 2.47 bits per heavy atom. The van der Waals surface area contributed by atoms with Gasteiger partial charge in [0.15, 0.2) is 0 Å². The molecule has 1 aliphatic rings. The van der Waals surface area contributed by atoms with Gasteiger partial charge in [-0.05, 0) is 33.1 Å². The summed E-state index contributed by atoms with van der Waals surface area (Å²) in [5.41, 5.74) is -0.154. The normalized spacial score (nSPS) is 20.8. The van der Waals surface area contributed by atoms with Crippen LogP contribution in [0.25, 0.3) is 0 Å². The molecule has 0 aromatic heterocycles. The number of methoxy groups -OCH3 is 1. The van der Waals surface area contributed by atoms with Crippen LogP contribution in [0.1, 0.15) is 46.0 Å². The van der Waals surface area contributed by atoms with Gasteiger partial charge in [-0.3, -0.25) is 0 Å². The van der Waals surface area contributed by atoms with Gasteiger partial charge in [-0.15, -0.1) is 0 Å². The fourth-order valence-electron chi connectivity index (χ4n) is 2.28. The Labute approximate surface area is 93.2 Å². The number of nitrogens with one attached hydrogen (secondary N) is 1. The highest BCUT2D eigenvalue weighted by Gasteiger charge is 2.25. The molecule has 1 unspecified atom stereocenters. The Balaban J connectivity index is 2.34. The minimum Gasteiger partial charge on any atom is -0.395 e. The smallest absolute Gasteiger partial charge is 0.0638 e. The molecule has 3 nitrogen and oxygen atoms in total. The van der Waals surface area contributed by atoms with Crippen LogP contribution in [-0.4, -0.2) is 36.5 Å². The van der Waals surface area contributed by atoms with E-state index < -0.39 is 0 Å². The molecule has 0 saturated heterocycles. The van der Waals surface area contributed by atoms with Gasteiger partial charge in [-0.25, -0.2) is 0 Å². The van der Waals surface area contributed by atoms with Gasteiger partial charge in [0, 0.05) is 19.2 Å². The van der Waals surface area contributed by atoms with E-state index >= 15 is 0 Å². The summed E-state index contributed by atoms with van der Waals surface area (Å²) in [6, 6.07) is 0.776. The summed E-state index contributed by atoms with van der Waals surface area (Å²) in [5.74, 6) is 0. The van der Waals surface area contributed by atoms with Crippen molar-refractivity contribution in [3.8, 4) is 0 Å². The zero-order valence-corrected chi connectivity index (χ0v) is 10.3. The van der Waals surface area contributed by atoms with Crippen molar-refractivity contribution >= 4 is 0 Å². The third-order valence-electron chi connectivity index (χ3n) is 3.34. The van der Waals surface area contributed by atoms with Crippen molar-refractivity contribution in [2.75, 3.05) is 13.7 Å². The van der Waals surface area contributed by atoms with Gasteiger partial charge in [0.25, 0.3) is 0 Å². The number of hydrogen-bond donors (Lipinski definition) is 2. The van der Waals surface area contributed by atoms with E-state index in [2.05, 4.69) is 19.2 Å². The molecule has 0 amide bonds. The maximum Gasteiger partial charge on any atom is 0.0638 e. The molecule has 1 saturated carbocycles. The standard InChI is InChI=1S/C12H25NO2/c1-12(2,15-3)8-11(9-14)13-10-6-4-5-7-10/h10-11,13-14H,4-9H2,1-3H3. The Morgan fingerprint density at radius 1 is 1.40 bits per heavy atom. The Hall–Kier alpha value is -0.120. The molecule has 0 aromatic rings. The molecule has 1 aliphatic carbocycles. The summed E-state index contributed by atoms with van der Waals surface area (Å²) in [5, 5.41) is 12.9. The summed E-state index contributed by atoms with van der Waals surface area (Å²) >= 11 is 0. The number of rotatable bonds is 6.